The lowest BCUT2D eigenvalue weighted by molar-refractivity contribution is -0.125. The van der Waals surface area contributed by atoms with E-state index < -0.39 is 12.1 Å². The maximum Gasteiger partial charge on any atom is 0.257 e. The highest BCUT2D eigenvalue weighted by atomic mass is 16.7. The number of carbonyl (C=O) groups excluding carboxylic acids is 1. The molecule has 0 radical (unpaired) electrons. The molecule has 0 aliphatic carbocycles. The second kappa shape index (κ2) is 11.2. The molecule has 4 rings (SSSR count). The van der Waals surface area contributed by atoms with Gasteiger partial charge in [0.1, 0.15) is 12.1 Å². The molecule has 7 nitrogen and oxygen atoms in total. The van der Waals surface area contributed by atoms with Crippen LogP contribution < -0.4 is 20.3 Å². The molecule has 0 saturated carbocycles. The van der Waals surface area contributed by atoms with E-state index in [0.717, 1.165) is 18.4 Å². The van der Waals surface area contributed by atoms with Crippen molar-refractivity contribution in [2.75, 3.05) is 6.79 Å². The number of aromatic nitrogens is 1. The first-order chi connectivity index (χ1) is 17.0. The van der Waals surface area contributed by atoms with Gasteiger partial charge in [-0.05, 0) is 48.2 Å². The molecule has 1 unspecified atom stereocenters. The van der Waals surface area contributed by atoms with E-state index in [4.69, 9.17) is 9.47 Å². The number of carbonyl (C=O) groups is 1. The van der Waals surface area contributed by atoms with Gasteiger partial charge in [0, 0.05) is 6.20 Å². The zero-order chi connectivity index (χ0) is 24.8. The summed E-state index contributed by atoms with van der Waals surface area (Å²) in [6.45, 7) is 4.24. The van der Waals surface area contributed by atoms with Crippen LogP contribution in [0.4, 0.5) is 0 Å². The fourth-order valence-corrected chi connectivity index (χ4v) is 4.41. The molecule has 3 aromatic rings. The number of ether oxygens (including phenoxy) is 2. The molecule has 0 bridgehead atoms. The number of rotatable bonds is 10. The lowest BCUT2D eigenvalue weighted by Crippen LogP contribution is -2.39. The van der Waals surface area contributed by atoms with Crippen LogP contribution in [-0.4, -0.2) is 22.4 Å². The van der Waals surface area contributed by atoms with Gasteiger partial charge in [0.2, 0.25) is 12.7 Å². The first-order valence-corrected chi connectivity index (χ1v) is 12.2. The van der Waals surface area contributed by atoms with Crippen LogP contribution in [0, 0.1) is 0 Å². The minimum atomic E-state index is -1.07. The van der Waals surface area contributed by atoms with Crippen molar-refractivity contribution in [1.82, 2.24) is 9.88 Å². The van der Waals surface area contributed by atoms with Gasteiger partial charge in [0.05, 0.1) is 11.6 Å². The van der Waals surface area contributed by atoms with Crippen molar-refractivity contribution >= 4 is 5.91 Å². The fourth-order valence-electron chi connectivity index (χ4n) is 4.41. The molecular formula is C28H32N2O5. The van der Waals surface area contributed by atoms with Crippen molar-refractivity contribution in [1.29, 1.82) is 0 Å². The number of hydrogen-bond donors (Lipinski definition) is 2. The van der Waals surface area contributed by atoms with Crippen LogP contribution >= 0.6 is 0 Å². The summed E-state index contributed by atoms with van der Waals surface area (Å²) in [5.74, 6) is 1.13. The van der Waals surface area contributed by atoms with E-state index >= 15 is 0 Å². The van der Waals surface area contributed by atoms with E-state index in [1.54, 1.807) is 30.5 Å². The van der Waals surface area contributed by atoms with E-state index in [1.165, 1.54) is 4.57 Å². The fraction of sp³-hybridized carbons (Fsp3) is 0.357. The molecule has 7 heteroatoms. The van der Waals surface area contributed by atoms with Gasteiger partial charge in [-0.25, -0.2) is 0 Å². The first-order valence-electron chi connectivity index (χ1n) is 12.2. The molecule has 35 heavy (non-hydrogen) atoms. The molecule has 1 aromatic heterocycles. The zero-order valence-electron chi connectivity index (χ0n) is 20.1. The number of nitrogens with zero attached hydrogens (tertiary/aromatic N) is 1. The lowest BCUT2D eigenvalue weighted by Gasteiger charge is -2.25. The number of hydrogen-bond acceptors (Lipinski definition) is 5. The average Bonchev–Trinajstić information content (AvgIpc) is 3.36. The van der Waals surface area contributed by atoms with Crippen LogP contribution in [0.25, 0.3) is 0 Å². The average molecular weight is 477 g/mol. The Balaban J connectivity index is 1.61. The van der Waals surface area contributed by atoms with Gasteiger partial charge >= 0.3 is 0 Å². The topological polar surface area (TPSA) is 89.8 Å². The Bertz CT molecular complexity index is 1210. The molecule has 1 amide bonds. The van der Waals surface area contributed by atoms with E-state index in [1.807, 2.05) is 43.3 Å². The molecule has 2 aromatic carbocycles. The predicted molar refractivity (Wildman–Crippen MR) is 134 cm³/mol. The largest absolute Gasteiger partial charge is 0.454 e. The zero-order valence-corrected chi connectivity index (χ0v) is 20.1. The smallest absolute Gasteiger partial charge is 0.257 e. The summed E-state index contributed by atoms with van der Waals surface area (Å²) in [6.07, 6.45) is 3.44. The molecule has 2 N–H and O–H groups in total. The highest BCUT2D eigenvalue weighted by molar-refractivity contribution is 5.80. The van der Waals surface area contributed by atoms with Gasteiger partial charge in [-0.2, -0.15) is 0 Å². The van der Waals surface area contributed by atoms with Gasteiger partial charge in [-0.15, -0.1) is 0 Å². The number of benzene rings is 2. The van der Waals surface area contributed by atoms with Crippen molar-refractivity contribution < 1.29 is 19.4 Å². The summed E-state index contributed by atoms with van der Waals surface area (Å²) in [7, 11) is 0. The van der Waals surface area contributed by atoms with E-state index in [9.17, 15) is 14.7 Å². The normalized spacial score (nSPS) is 14.8. The highest BCUT2D eigenvalue weighted by Gasteiger charge is 2.26. The summed E-state index contributed by atoms with van der Waals surface area (Å²) in [4.78, 5) is 27.0. The third-order valence-electron chi connectivity index (χ3n) is 6.41. The SMILES string of the molecule is CCCC[C@@H](C(=O)N[C@@H](CC)c1ccc2c(c1)OCO2)n1cccc(C(O)c2ccccc2)c1=O. The quantitative estimate of drug-likeness (QED) is 0.444. The van der Waals surface area contributed by atoms with Gasteiger partial charge in [0.15, 0.2) is 11.5 Å². The summed E-state index contributed by atoms with van der Waals surface area (Å²) >= 11 is 0. The molecule has 184 valence electrons. The van der Waals surface area contributed by atoms with Crippen molar-refractivity contribution in [2.45, 2.75) is 57.7 Å². The Morgan fingerprint density at radius 1 is 1.03 bits per heavy atom. The maximum absolute atomic E-state index is 13.5. The number of pyridine rings is 1. The highest BCUT2D eigenvalue weighted by Crippen LogP contribution is 2.35. The van der Waals surface area contributed by atoms with E-state index in [2.05, 4.69) is 12.2 Å². The number of fused-ring (bicyclic) bond motifs is 1. The summed E-state index contributed by atoms with van der Waals surface area (Å²) in [5.41, 5.74) is 1.43. The first kappa shape index (κ1) is 24.5. The Hall–Kier alpha value is -3.58. The van der Waals surface area contributed by atoms with Crippen molar-refractivity contribution in [3.63, 3.8) is 0 Å². The summed E-state index contributed by atoms with van der Waals surface area (Å²) < 4.78 is 12.3. The standard InChI is InChI=1S/C28H32N2O5/c1-3-5-13-23(27(32)29-22(4-2)20-14-15-24-25(17-20)35-18-34-24)30-16-9-12-21(28(30)33)26(31)19-10-7-6-8-11-19/h6-12,14-17,22-23,26,31H,3-5,13,18H2,1-2H3,(H,29,32)/t22-,23-,26?/m0/s1. The number of unbranched alkanes of at least 4 members (excludes halogenated alkanes) is 1. The van der Waals surface area contributed by atoms with Crippen LogP contribution in [0.3, 0.4) is 0 Å². The number of amides is 1. The second-order valence-corrected chi connectivity index (χ2v) is 8.73. The number of nitrogens with one attached hydrogen (secondary N) is 1. The minimum Gasteiger partial charge on any atom is -0.454 e. The summed E-state index contributed by atoms with van der Waals surface area (Å²) in [6, 6.07) is 17.1. The van der Waals surface area contributed by atoms with Crippen LogP contribution in [0.15, 0.2) is 71.7 Å². The van der Waals surface area contributed by atoms with Crippen LogP contribution in [0.2, 0.25) is 0 Å². The predicted octanol–water partition coefficient (Wildman–Crippen LogP) is 4.66. The van der Waals surface area contributed by atoms with Gasteiger partial charge in [0.25, 0.3) is 5.56 Å². The molecule has 1 aliphatic heterocycles. The van der Waals surface area contributed by atoms with E-state index in [-0.39, 0.29) is 29.9 Å². The Labute approximate surface area is 205 Å². The Morgan fingerprint density at radius 2 is 1.80 bits per heavy atom. The third-order valence-corrected chi connectivity index (χ3v) is 6.41. The molecule has 1 aliphatic rings. The second-order valence-electron chi connectivity index (χ2n) is 8.73. The minimum absolute atomic E-state index is 0.190. The number of aliphatic hydroxyl groups is 1. The van der Waals surface area contributed by atoms with Crippen molar-refractivity contribution in [2.24, 2.45) is 0 Å². The Morgan fingerprint density at radius 3 is 2.54 bits per heavy atom. The van der Waals surface area contributed by atoms with Gasteiger partial charge < -0.3 is 24.5 Å². The van der Waals surface area contributed by atoms with E-state index in [0.29, 0.717) is 29.9 Å². The molecule has 3 atom stereocenters. The molecule has 0 fully saturated rings. The lowest BCUT2D eigenvalue weighted by atomic mass is 10.0. The molecule has 0 saturated heterocycles. The molecule has 0 spiro atoms. The van der Waals surface area contributed by atoms with Crippen molar-refractivity contribution in [3.8, 4) is 11.5 Å². The van der Waals surface area contributed by atoms with Crippen LogP contribution in [0.1, 0.15) is 74.4 Å². The monoisotopic (exact) mass is 476 g/mol. The third kappa shape index (κ3) is 5.41. The van der Waals surface area contributed by atoms with Crippen molar-refractivity contribution in [3.05, 3.63) is 93.9 Å². The van der Waals surface area contributed by atoms with Gasteiger partial charge in [-0.1, -0.05) is 63.1 Å². The molecular weight excluding hydrogens is 444 g/mol. The maximum atomic E-state index is 13.5. The van der Waals surface area contributed by atoms with Gasteiger partial charge in [-0.3, -0.25) is 9.59 Å². The van der Waals surface area contributed by atoms with Crippen LogP contribution in [-0.2, 0) is 4.79 Å². The summed E-state index contributed by atoms with van der Waals surface area (Å²) in [5, 5.41) is 14.0. The Kier molecular flexibility index (Phi) is 7.87. The number of aliphatic hydroxyl groups excluding tert-OH is 1. The van der Waals surface area contributed by atoms with Crippen LogP contribution in [0.5, 0.6) is 11.5 Å². The molecule has 2 heterocycles.